The Morgan fingerprint density at radius 1 is 1.19 bits per heavy atom. The standard InChI is InChI=1S/C21H19N3O2S/c25-21-20-15(14-7-11-26-12-8-14)5-9-22-17(20)13-24(21)10-6-19-23-16-3-1-2-4-18(16)27-19/h1-5,7,9,13,25H,6,8,10-12H2. The number of hydrogen-bond acceptors (Lipinski definition) is 5. The number of thiazole rings is 1. The first-order valence-electron chi connectivity index (χ1n) is 9.08. The summed E-state index contributed by atoms with van der Waals surface area (Å²) >= 11 is 1.71. The molecule has 5 nitrogen and oxygen atoms in total. The van der Waals surface area contributed by atoms with Crippen molar-refractivity contribution in [3.63, 3.8) is 0 Å². The van der Waals surface area contributed by atoms with Crippen molar-refractivity contribution >= 4 is 38.0 Å². The average Bonchev–Trinajstić information content (AvgIpc) is 3.27. The van der Waals surface area contributed by atoms with Gasteiger partial charge in [-0.1, -0.05) is 18.2 Å². The molecular weight excluding hydrogens is 358 g/mol. The van der Waals surface area contributed by atoms with E-state index >= 15 is 0 Å². The topological polar surface area (TPSA) is 60.2 Å². The van der Waals surface area contributed by atoms with Crippen LogP contribution in [0.3, 0.4) is 0 Å². The van der Waals surface area contributed by atoms with Crippen LogP contribution in [0.1, 0.15) is 17.0 Å². The van der Waals surface area contributed by atoms with E-state index in [1.54, 1.807) is 11.3 Å². The molecule has 1 aromatic carbocycles. The van der Waals surface area contributed by atoms with Crippen LogP contribution in [-0.4, -0.2) is 32.9 Å². The SMILES string of the molecule is Oc1c2c(C3=CCOCC3)ccnc2cn1CCc1nc2ccccc2s1. The number of aryl methyl sites for hydroxylation is 2. The minimum absolute atomic E-state index is 0.279. The van der Waals surface area contributed by atoms with Crippen LogP contribution in [0.2, 0.25) is 0 Å². The van der Waals surface area contributed by atoms with Crippen molar-refractivity contribution in [2.45, 2.75) is 19.4 Å². The average molecular weight is 377 g/mol. The second kappa shape index (κ2) is 6.79. The summed E-state index contributed by atoms with van der Waals surface area (Å²) in [7, 11) is 0. The lowest BCUT2D eigenvalue weighted by Gasteiger charge is -2.14. The minimum atomic E-state index is 0.279. The van der Waals surface area contributed by atoms with Crippen LogP contribution in [0, 0.1) is 0 Å². The molecule has 1 aliphatic heterocycles. The fourth-order valence-corrected chi connectivity index (χ4v) is 4.57. The van der Waals surface area contributed by atoms with Crippen LogP contribution in [-0.2, 0) is 17.7 Å². The summed E-state index contributed by atoms with van der Waals surface area (Å²) in [5, 5.41) is 12.8. The number of aromatic hydroxyl groups is 1. The summed E-state index contributed by atoms with van der Waals surface area (Å²) in [6, 6.07) is 10.2. The minimum Gasteiger partial charge on any atom is -0.494 e. The highest BCUT2D eigenvalue weighted by molar-refractivity contribution is 7.18. The number of rotatable bonds is 4. The molecule has 0 saturated carbocycles. The highest BCUT2D eigenvalue weighted by Crippen LogP contribution is 2.35. The van der Waals surface area contributed by atoms with Crippen LogP contribution in [0.15, 0.2) is 48.8 Å². The maximum absolute atomic E-state index is 10.9. The van der Waals surface area contributed by atoms with Crippen LogP contribution in [0.5, 0.6) is 5.88 Å². The highest BCUT2D eigenvalue weighted by atomic mass is 32.1. The molecule has 0 amide bonds. The lowest BCUT2D eigenvalue weighted by Crippen LogP contribution is -2.04. The maximum Gasteiger partial charge on any atom is 0.201 e. The van der Waals surface area contributed by atoms with Gasteiger partial charge in [-0.25, -0.2) is 4.98 Å². The van der Waals surface area contributed by atoms with E-state index in [0.717, 1.165) is 39.8 Å². The Balaban J connectivity index is 1.47. The Kier molecular flexibility index (Phi) is 4.14. The molecular formula is C21H19N3O2S. The highest BCUT2D eigenvalue weighted by Gasteiger charge is 2.17. The van der Waals surface area contributed by atoms with Gasteiger partial charge in [0.1, 0.15) is 0 Å². The summed E-state index contributed by atoms with van der Waals surface area (Å²) in [4.78, 5) is 9.14. The van der Waals surface area contributed by atoms with E-state index in [9.17, 15) is 5.11 Å². The quantitative estimate of drug-likeness (QED) is 0.573. The molecule has 0 radical (unpaired) electrons. The second-order valence-electron chi connectivity index (χ2n) is 6.64. The van der Waals surface area contributed by atoms with Gasteiger partial charge < -0.3 is 14.4 Å². The molecule has 27 heavy (non-hydrogen) atoms. The van der Waals surface area contributed by atoms with Gasteiger partial charge in [0.2, 0.25) is 5.88 Å². The molecule has 5 rings (SSSR count). The molecule has 0 aliphatic carbocycles. The fraction of sp³-hybridized carbons (Fsp3) is 0.238. The zero-order chi connectivity index (χ0) is 18.2. The maximum atomic E-state index is 10.9. The van der Waals surface area contributed by atoms with E-state index in [1.807, 2.05) is 41.2 Å². The molecule has 0 bridgehead atoms. The van der Waals surface area contributed by atoms with Crippen molar-refractivity contribution in [1.82, 2.24) is 14.5 Å². The van der Waals surface area contributed by atoms with E-state index in [0.29, 0.717) is 19.8 Å². The van der Waals surface area contributed by atoms with Gasteiger partial charge in [0.05, 0.1) is 39.3 Å². The Labute approximate surface area is 160 Å². The van der Waals surface area contributed by atoms with Crippen molar-refractivity contribution in [3.8, 4) is 5.88 Å². The van der Waals surface area contributed by atoms with E-state index in [1.165, 1.54) is 10.3 Å². The van der Waals surface area contributed by atoms with Gasteiger partial charge in [-0.15, -0.1) is 11.3 Å². The predicted octanol–water partition coefficient (Wildman–Crippen LogP) is 4.40. The van der Waals surface area contributed by atoms with E-state index < -0.39 is 0 Å². The Bertz CT molecular complexity index is 1130. The Morgan fingerprint density at radius 2 is 2.11 bits per heavy atom. The van der Waals surface area contributed by atoms with Crippen molar-refractivity contribution in [3.05, 3.63) is 59.4 Å². The van der Waals surface area contributed by atoms with E-state index in [2.05, 4.69) is 22.1 Å². The molecule has 0 fully saturated rings. The van der Waals surface area contributed by atoms with E-state index in [4.69, 9.17) is 4.74 Å². The van der Waals surface area contributed by atoms with Gasteiger partial charge in [0.25, 0.3) is 0 Å². The largest absolute Gasteiger partial charge is 0.494 e. The summed E-state index contributed by atoms with van der Waals surface area (Å²) in [6.45, 7) is 2.01. The first-order chi connectivity index (χ1) is 13.3. The third-order valence-electron chi connectivity index (χ3n) is 4.97. The zero-order valence-electron chi connectivity index (χ0n) is 14.8. The normalized spacial score (nSPS) is 14.7. The Morgan fingerprint density at radius 3 is 2.96 bits per heavy atom. The molecule has 0 spiro atoms. The second-order valence-corrected chi connectivity index (χ2v) is 7.76. The fourth-order valence-electron chi connectivity index (χ4n) is 3.62. The molecule has 1 N–H and O–H groups in total. The number of benzene rings is 1. The van der Waals surface area contributed by atoms with Crippen LogP contribution < -0.4 is 0 Å². The molecule has 0 unspecified atom stereocenters. The van der Waals surface area contributed by atoms with Crippen molar-refractivity contribution < 1.29 is 9.84 Å². The monoisotopic (exact) mass is 377 g/mol. The molecule has 0 saturated heterocycles. The number of aromatic nitrogens is 3. The summed E-state index contributed by atoms with van der Waals surface area (Å²) in [5.74, 6) is 0.279. The molecule has 4 heterocycles. The lowest BCUT2D eigenvalue weighted by molar-refractivity contribution is 0.161. The predicted molar refractivity (Wildman–Crippen MR) is 108 cm³/mol. The summed E-state index contributed by atoms with van der Waals surface area (Å²) in [5.41, 5.74) is 4.13. The van der Waals surface area contributed by atoms with Gasteiger partial charge in [0.15, 0.2) is 0 Å². The number of pyridine rings is 1. The summed E-state index contributed by atoms with van der Waals surface area (Å²) in [6.07, 6.45) is 7.47. The Hall–Kier alpha value is -2.70. The van der Waals surface area contributed by atoms with Crippen LogP contribution in [0.4, 0.5) is 0 Å². The third-order valence-corrected chi connectivity index (χ3v) is 6.06. The number of fused-ring (bicyclic) bond motifs is 2. The molecule has 3 aromatic heterocycles. The summed E-state index contributed by atoms with van der Waals surface area (Å²) < 4.78 is 8.50. The van der Waals surface area contributed by atoms with Crippen LogP contribution >= 0.6 is 11.3 Å². The van der Waals surface area contributed by atoms with Crippen molar-refractivity contribution in [2.75, 3.05) is 13.2 Å². The number of hydrogen-bond donors (Lipinski definition) is 1. The van der Waals surface area contributed by atoms with Gasteiger partial charge in [-0.2, -0.15) is 0 Å². The molecule has 0 atom stereocenters. The van der Waals surface area contributed by atoms with Gasteiger partial charge in [-0.3, -0.25) is 4.98 Å². The van der Waals surface area contributed by atoms with E-state index in [-0.39, 0.29) is 5.88 Å². The number of para-hydroxylation sites is 1. The molecule has 4 aromatic rings. The van der Waals surface area contributed by atoms with Gasteiger partial charge in [-0.05, 0) is 35.8 Å². The first kappa shape index (κ1) is 16.5. The van der Waals surface area contributed by atoms with Crippen molar-refractivity contribution in [2.24, 2.45) is 0 Å². The molecule has 6 heteroatoms. The third kappa shape index (κ3) is 3.01. The molecule has 1 aliphatic rings. The number of nitrogens with zero attached hydrogens (tertiary/aromatic N) is 3. The zero-order valence-corrected chi connectivity index (χ0v) is 15.6. The lowest BCUT2D eigenvalue weighted by atomic mass is 9.99. The van der Waals surface area contributed by atoms with Gasteiger partial charge >= 0.3 is 0 Å². The first-order valence-corrected chi connectivity index (χ1v) is 9.89. The molecule has 136 valence electrons. The smallest absolute Gasteiger partial charge is 0.201 e. The van der Waals surface area contributed by atoms with Crippen LogP contribution in [0.25, 0.3) is 26.7 Å². The van der Waals surface area contributed by atoms with Crippen molar-refractivity contribution in [1.29, 1.82) is 0 Å². The van der Waals surface area contributed by atoms with Gasteiger partial charge in [0, 0.05) is 25.4 Å². The number of ether oxygens (including phenoxy) is 1.